The smallest absolute Gasteiger partial charge is 0.146 e. The van der Waals surface area contributed by atoms with Crippen molar-refractivity contribution in [1.29, 1.82) is 0 Å². The fourth-order valence-electron chi connectivity index (χ4n) is 2.95. The summed E-state index contributed by atoms with van der Waals surface area (Å²) in [4.78, 5) is 0. The molecule has 1 aromatic rings. The molecule has 1 aliphatic carbocycles. The number of rotatable bonds is 8. The zero-order valence-corrected chi connectivity index (χ0v) is 14.1. The van der Waals surface area contributed by atoms with Gasteiger partial charge in [0.25, 0.3) is 0 Å². The second kappa shape index (κ2) is 7.60. The Morgan fingerprint density at radius 3 is 2.78 bits per heavy atom. The first-order valence-electron chi connectivity index (χ1n) is 8.27. The van der Waals surface area contributed by atoms with Crippen molar-refractivity contribution < 1.29 is 4.39 Å². The molecule has 3 N–H and O–H groups in total. The molecule has 0 aliphatic heterocycles. The van der Waals surface area contributed by atoms with Crippen LogP contribution in [0.3, 0.4) is 0 Å². The number of hydrogen-bond acceptors (Lipinski definition) is 2. The zero-order valence-electron chi connectivity index (χ0n) is 14.1. The van der Waals surface area contributed by atoms with Crippen LogP contribution in [0.4, 0.5) is 10.1 Å². The van der Waals surface area contributed by atoms with Crippen LogP contribution >= 0.6 is 0 Å². The molecule has 0 spiro atoms. The number of halogens is 1. The lowest BCUT2D eigenvalue weighted by Crippen LogP contribution is -2.38. The van der Waals surface area contributed by atoms with Crippen LogP contribution in [0.15, 0.2) is 54.7 Å². The van der Waals surface area contributed by atoms with Gasteiger partial charge in [0, 0.05) is 7.05 Å². The lowest BCUT2D eigenvalue weighted by atomic mass is 9.78. The van der Waals surface area contributed by atoms with Crippen LogP contribution in [0.2, 0.25) is 0 Å². The maximum Gasteiger partial charge on any atom is 0.146 e. The highest BCUT2D eigenvalue weighted by atomic mass is 19.1. The second-order valence-electron chi connectivity index (χ2n) is 6.26. The van der Waals surface area contributed by atoms with Crippen LogP contribution in [0.1, 0.15) is 38.2 Å². The van der Waals surface area contributed by atoms with E-state index in [1.165, 1.54) is 18.9 Å². The van der Waals surface area contributed by atoms with Gasteiger partial charge in [-0.25, -0.2) is 4.39 Å². The van der Waals surface area contributed by atoms with E-state index in [0.717, 1.165) is 29.9 Å². The highest BCUT2D eigenvalue weighted by Crippen LogP contribution is 2.40. The van der Waals surface area contributed by atoms with E-state index in [-0.39, 0.29) is 5.82 Å². The van der Waals surface area contributed by atoms with Gasteiger partial charge in [0.1, 0.15) is 5.82 Å². The summed E-state index contributed by atoms with van der Waals surface area (Å²) in [6.45, 7) is 5.78. The maximum absolute atomic E-state index is 13.8. The van der Waals surface area contributed by atoms with Gasteiger partial charge < -0.3 is 11.1 Å². The third-order valence-electron chi connectivity index (χ3n) is 4.55. The van der Waals surface area contributed by atoms with Gasteiger partial charge in [0.15, 0.2) is 0 Å². The highest BCUT2D eigenvalue weighted by molar-refractivity contribution is 5.52. The molecule has 0 heterocycles. The van der Waals surface area contributed by atoms with E-state index in [0.29, 0.717) is 5.69 Å². The van der Waals surface area contributed by atoms with Crippen LogP contribution < -0.4 is 11.1 Å². The first-order valence-corrected chi connectivity index (χ1v) is 8.27. The maximum atomic E-state index is 13.8. The zero-order chi connectivity index (χ0) is 16.9. The van der Waals surface area contributed by atoms with Crippen molar-refractivity contribution >= 4 is 5.69 Å². The summed E-state index contributed by atoms with van der Waals surface area (Å²) in [6, 6.07) is 5.10. The fraction of sp³-hybridized carbons (Fsp3) is 0.400. The Morgan fingerprint density at radius 2 is 2.22 bits per heavy atom. The molecule has 1 unspecified atom stereocenters. The Morgan fingerprint density at radius 1 is 1.48 bits per heavy atom. The van der Waals surface area contributed by atoms with Gasteiger partial charge in [-0.05, 0) is 49.0 Å². The number of anilines is 1. The Kier molecular flexibility index (Phi) is 5.78. The van der Waals surface area contributed by atoms with E-state index >= 15 is 0 Å². The monoisotopic (exact) mass is 314 g/mol. The normalized spacial score (nSPS) is 18.0. The fourth-order valence-corrected chi connectivity index (χ4v) is 2.95. The molecule has 0 bridgehead atoms. The SMILES string of the molecule is C=C/C=C(\C=C/C)C(N)(CCC1CC1)c1ccc(F)c(NC)c1. The van der Waals surface area contributed by atoms with Gasteiger partial charge in [-0.15, -0.1) is 0 Å². The van der Waals surface area contributed by atoms with Gasteiger partial charge >= 0.3 is 0 Å². The van der Waals surface area contributed by atoms with E-state index in [9.17, 15) is 4.39 Å². The predicted octanol–water partition coefficient (Wildman–Crippen LogP) is 4.90. The molecule has 0 aromatic heterocycles. The topological polar surface area (TPSA) is 38.0 Å². The van der Waals surface area contributed by atoms with Crippen molar-refractivity contribution in [3.05, 3.63) is 66.0 Å². The molecule has 23 heavy (non-hydrogen) atoms. The third-order valence-corrected chi connectivity index (χ3v) is 4.55. The summed E-state index contributed by atoms with van der Waals surface area (Å²) in [7, 11) is 1.72. The molecule has 124 valence electrons. The molecule has 0 amide bonds. The van der Waals surface area contributed by atoms with Crippen molar-refractivity contribution in [2.45, 2.75) is 38.1 Å². The molecule has 0 saturated heterocycles. The lowest BCUT2D eigenvalue weighted by molar-refractivity contribution is 0.453. The molecule has 2 rings (SSSR count). The van der Waals surface area contributed by atoms with Crippen LogP contribution in [-0.2, 0) is 5.54 Å². The minimum atomic E-state index is -0.636. The summed E-state index contributed by atoms with van der Waals surface area (Å²) in [5, 5.41) is 2.90. The number of hydrogen-bond donors (Lipinski definition) is 2. The number of nitrogens with two attached hydrogens (primary N) is 1. The van der Waals surface area contributed by atoms with E-state index in [1.807, 2.05) is 31.2 Å². The predicted molar refractivity (Wildman–Crippen MR) is 96.9 cm³/mol. The summed E-state index contributed by atoms with van der Waals surface area (Å²) >= 11 is 0. The molecule has 1 atom stereocenters. The minimum Gasteiger partial charge on any atom is -0.386 e. The van der Waals surface area contributed by atoms with Gasteiger partial charge in [-0.2, -0.15) is 0 Å². The first-order chi connectivity index (χ1) is 11.0. The van der Waals surface area contributed by atoms with E-state index in [1.54, 1.807) is 19.2 Å². The molecular formula is C20H27FN2. The Bertz CT molecular complexity index is 614. The van der Waals surface area contributed by atoms with Gasteiger partial charge in [-0.3, -0.25) is 0 Å². The van der Waals surface area contributed by atoms with Crippen LogP contribution in [-0.4, -0.2) is 7.05 Å². The van der Waals surface area contributed by atoms with E-state index in [2.05, 4.69) is 11.9 Å². The highest BCUT2D eigenvalue weighted by Gasteiger charge is 2.33. The van der Waals surface area contributed by atoms with Crippen LogP contribution in [0, 0.1) is 11.7 Å². The van der Waals surface area contributed by atoms with Crippen molar-refractivity contribution in [2.24, 2.45) is 11.7 Å². The van der Waals surface area contributed by atoms with Gasteiger partial charge in [0.05, 0.1) is 11.2 Å². The van der Waals surface area contributed by atoms with E-state index < -0.39 is 5.54 Å². The Labute approximate surface area is 139 Å². The second-order valence-corrected chi connectivity index (χ2v) is 6.26. The average Bonchev–Trinajstić information content (AvgIpc) is 3.37. The van der Waals surface area contributed by atoms with Crippen molar-refractivity contribution in [2.75, 3.05) is 12.4 Å². The summed E-state index contributed by atoms with van der Waals surface area (Å²) in [6.07, 6.45) is 12.3. The minimum absolute atomic E-state index is 0.263. The molecule has 1 fully saturated rings. The Balaban J connectivity index is 2.46. The molecule has 1 aromatic carbocycles. The summed E-state index contributed by atoms with van der Waals surface area (Å²) in [5.74, 6) is 0.527. The molecule has 1 aliphatic rings. The molecule has 0 radical (unpaired) electrons. The van der Waals surface area contributed by atoms with Crippen molar-refractivity contribution in [1.82, 2.24) is 0 Å². The van der Waals surface area contributed by atoms with Crippen LogP contribution in [0.25, 0.3) is 0 Å². The summed E-state index contributed by atoms with van der Waals surface area (Å²) < 4.78 is 13.8. The number of benzene rings is 1. The third kappa shape index (κ3) is 4.11. The summed E-state index contributed by atoms with van der Waals surface area (Å²) in [5.41, 5.74) is 8.64. The van der Waals surface area contributed by atoms with Crippen molar-refractivity contribution in [3.63, 3.8) is 0 Å². The number of allylic oxidation sites excluding steroid dienone is 3. The van der Waals surface area contributed by atoms with Gasteiger partial charge in [0.2, 0.25) is 0 Å². The Hall–Kier alpha value is -1.87. The molecular weight excluding hydrogens is 287 g/mol. The van der Waals surface area contributed by atoms with Crippen molar-refractivity contribution in [3.8, 4) is 0 Å². The lowest BCUT2D eigenvalue weighted by Gasteiger charge is -2.32. The first kappa shape index (κ1) is 17.5. The van der Waals surface area contributed by atoms with Gasteiger partial charge in [-0.1, -0.05) is 49.8 Å². The van der Waals surface area contributed by atoms with Crippen LogP contribution in [0.5, 0.6) is 0 Å². The molecule has 1 saturated carbocycles. The quantitative estimate of drug-likeness (QED) is 0.670. The number of nitrogens with one attached hydrogen (secondary N) is 1. The molecule has 3 heteroatoms. The molecule has 2 nitrogen and oxygen atoms in total. The largest absolute Gasteiger partial charge is 0.386 e. The standard InChI is InChI=1S/C20H27FN2/c1-4-6-16(7-5-2)20(22,13-12-15-8-9-15)17-10-11-18(21)19(14-17)23-3/h4-7,10-11,14-15,23H,1,8-9,12-13,22H2,2-3H3/b7-5-,16-6+. The van der Waals surface area contributed by atoms with E-state index in [4.69, 9.17) is 5.73 Å². The average molecular weight is 314 g/mol.